The van der Waals surface area contributed by atoms with Crippen LogP contribution in [0.1, 0.15) is 22.9 Å². The number of carbonyl (C=O) groups excluding carboxylic acids is 1. The van der Waals surface area contributed by atoms with Gasteiger partial charge in [0.1, 0.15) is 11.6 Å². The monoisotopic (exact) mass is 349 g/mol. The molecule has 0 radical (unpaired) electrons. The van der Waals surface area contributed by atoms with Gasteiger partial charge in [0.25, 0.3) is 5.91 Å². The van der Waals surface area contributed by atoms with Crippen molar-refractivity contribution in [3.8, 4) is 0 Å². The highest BCUT2D eigenvalue weighted by Gasteiger charge is 2.41. The van der Waals surface area contributed by atoms with Gasteiger partial charge in [-0.2, -0.15) is 0 Å². The molecule has 1 N–H and O–H groups in total. The molecule has 0 unspecified atom stereocenters. The Balaban J connectivity index is 1.82. The minimum atomic E-state index is -0.532. The topological polar surface area (TPSA) is 53.7 Å². The average molecular weight is 349 g/mol. The van der Waals surface area contributed by atoms with Gasteiger partial charge in [0, 0.05) is 5.57 Å². The van der Waals surface area contributed by atoms with E-state index in [1.807, 2.05) is 30.3 Å². The van der Waals surface area contributed by atoms with E-state index in [-0.39, 0.29) is 18.1 Å². The molecule has 0 saturated carbocycles. The van der Waals surface area contributed by atoms with Crippen LogP contribution < -0.4 is 0 Å². The molecular weight excluding hydrogens is 333 g/mol. The van der Waals surface area contributed by atoms with Gasteiger partial charge in [0.15, 0.2) is 5.76 Å². The van der Waals surface area contributed by atoms with E-state index in [4.69, 9.17) is 4.42 Å². The van der Waals surface area contributed by atoms with Crippen LogP contribution in [0.2, 0.25) is 0 Å². The quantitative estimate of drug-likeness (QED) is 0.756. The molecule has 5 heteroatoms. The minimum absolute atomic E-state index is 0.203. The van der Waals surface area contributed by atoms with E-state index < -0.39 is 11.9 Å². The summed E-state index contributed by atoms with van der Waals surface area (Å²) >= 11 is 0. The fourth-order valence-corrected chi connectivity index (χ4v) is 3.29. The second-order valence-corrected chi connectivity index (χ2v) is 6.09. The zero-order valence-corrected chi connectivity index (χ0v) is 13.8. The average Bonchev–Trinajstić information content (AvgIpc) is 3.26. The Morgan fingerprint density at radius 2 is 1.73 bits per heavy atom. The summed E-state index contributed by atoms with van der Waals surface area (Å²) in [5, 5.41) is 10.6. The number of nitrogens with zero attached hydrogens (tertiary/aromatic N) is 1. The second-order valence-electron chi connectivity index (χ2n) is 6.09. The Kier molecular flexibility index (Phi) is 4.05. The normalized spacial score (nSPS) is 17.2. The smallest absolute Gasteiger partial charge is 0.290 e. The molecule has 1 aliphatic heterocycles. The third kappa shape index (κ3) is 2.77. The third-order valence-corrected chi connectivity index (χ3v) is 4.48. The van der Waals surface area contributed by atoms with Crippen LogP contribution in [0.4, 0.5) is 4.39 Å². The van der Waals surface area contributed by atoms with Crippen LogP contribution in [0.5, 0.6) is 0 Å². The van der Waals surface area contributed by atoms with Gasteiger partial charge in [-0.15, -0.1) is 0 Å². The molecule has 1 aromatic heterocycles. The van der Waals surface area contributed by atoms with Crippen LogP contribution in [0, 0.1) is 5.82 Å². The van der Waals surface area contributed by atoms with Crippen molar-refractivity contribution in [3.05, 3.63) is 101 Å². The number of benzene rings is 2. The number of hydrogen-bond donors (Lipinski definition) is 1. The number of rotatable bonds is 4. The molecule has 0 saturated heterocycles. The van der Waals surface area contributed by atoms with E-state index in [1.165, 1.54) is 23.3 Å². The number of hydrogen-bond acceptors (Lipinski definition) is 3. The summed E-state index contributed by atoms with van der Waals surface area (Å²) in [5.74, 6) is -0.524. The van der Waals surface area contributed by atoms with Gasteiger partial charge in [-0.25, -0.2) is 4.39 Å². The largest absolute Gasteiger partial charge is 0.503 e. The van der Waals surface area contributed by atoms with E-state index in [1.54, 1.807) is 24.3 Å². The molecule has 1 atom stereocenters. The lowest BCUT2D eigenvalue weighted by atomic mass is 9.93. The molecule has 2 aromatic carbocycles. The Labute approximate surface area is 149 Å². The lowest BCUT2D eigenvalue weighted by Crippen LogP contribution is -2.29. The van der Waals surface area contributed by atoms with Crippen LogP contribution in [-0.2, 0) is 11.3 Å². The molecule has 4 nitrogen and oxygen atoms in total. The summed E-state index contributed by atoms with van der Waals surface area (Å²) < 4.78 is 18.8. The zero-order valence-electron chi connectivity index (χ0n) is 13.8. The Hall–Kier alpha value is -3.34. The summed E-state index contributed by atoms with van der Waals surface area (Å²) in [6.07, 6.45) is 1.54. The summed E-state index contributed by atoms with van der Waals surface area (Å²) in [6, 6.07) is 18.2. The van der Waals surface area contributed by atoms with Crippen molar-refractivity contribution >= 4 is 11.5 Å². The van der Waals surface area contributed by atoms with E-state index in [2.05, 4.69) is 0 Å². The van der Waals surface area contributed by atoms with Crippen molar-refractivity contribution in [3.63, 3.8) is 0 Å². The SMILES string of the molecule is O=C1C(O)=C(c2ccccc2)[C@@H](c2ccc(F)cc2)N1Cc1ccco1. The van der Waals surface area contributed by atoms with Crippen molar-refractivity contribution in [2.45, 2.75) is 12.6 Å². The lowest BCUT2D eigenvalue weighted by Gasteiger charge is -2.26. The Morgan fingerprint density at radius 1 is 1.00 bits per heavy atom. The Bertz CT molecular complexity index is 947. The summed E-state index contributed by atoms with van der Waals surface area (Å²) in [5.41, 5.74) is 1.97. The molecule has 130 valence electrons. The third-order valence-electron chi connectivity index (χ3n) is 4.48. The number of aliphatic hydroxyl groups excluding tert-OH is 1. The highest BCUT2D eigenvalue weighted by molar-refractivity contribution is 6.05. The Morgan fingerprint density at radius 3 is 2.38 bits per heavy atom. The number of furan rings is 1. The van der Waals surface area contributed by atoms with Crippen LogP contribution in [-0.4, -0.2) is 15.9 Å². The molecule has 26 heavy (non-hydrogen) atoms. The van der Waals surface area contributed by atoms with Crippen LogP contribution in [0.3, 0.4) is 0 Å². The first-order valence-corrected chi connectivity index (χ1v) is 8.22. The van der Waals surface area contributed by atoms with Gasteiger partial charge >= 0.3 is 0 Å². The van der Waals surface area contributed by atoms with Gasteiger partial charge in [-0.3, -0.25) is 4.79 Å². The van der Waals surface area contributed by atoms with Gasteiger partial charge < -0.3 is 14.4 Å². The second kappa shape index (κ2) is 6.52. The van der Waals surface area contributed by atoms with Crippen molar-refractivity contribution in [1.82, 2.24) is 4.90 Å². The van der Waals surface area contributed by atoms with Crippen molar-refractivity contribution < 1.29 is 18.7 Å². The number of carbonyl (C=O) groups is 1. The maximum absolute atomic E-state index is 13.4. The molecule has 2 heterocycles. The standard InChI is InChI=1S/C21H16FNO3/c22-16-10-8-15(9-11-16)19-18(14-5-2-1-3-6-14)20(24)21(25)23(19)13-17-7-4-12-26-17/h1-12,19,24H,13H2/t19-/m1/s1. The molecule has 0 bridgehead atoms. The lowest BCUT2D eigenvalue weighted by molar-refractivity contribution is -0.130. The van der Waals surface area contributed by atoms with E-state index in [0.29, 0.717) is 16.9 Å². The number of aliphatic hydroxyl groups is 1. The highest BCUT2D eigenvalue weighted by Crippen LogP contribution is 2.43. The van der Waals surface area contributed by atoms with Gasteiger partial charge in [-0.1, -0.05) is 42.5 Å². The van der Waals surface area contributed by atoms with Crippen molar-refractivity contribution in [1.29, 1.82) is 0 Å². The first kappa shape index (κ1) is 16.1. The number of halogens is 1. The first-order chi connectivity index (χ1) is 12.6. The maximum atomic E-state index is 13.4. The van der Waals surface area contributed by atoms with E-state index in [9.17, 15) is 14.3 Å². The molecule has 1 aliphatic rings. The summed E-state index contributed by atoms with van der Waals surface area (Å²) in [7, 11) is 0. The molecule has 0 spiro atoms. The van der Waals surface area contributed by atoms with Crippen molar-refractivity contribution in [2.24, 2.45) is 0 Å². The first-order valence-electron chi connectivity index (χ1n) is 8.22. The fraction of sp³-hybridized carbons (Fsp3) is 0.0952. The molecule has 1 amide bonds. The minimum Gasteiger partial charge on any atom is -0.503 e. The number of amides is 1. The van der Waals surface area contributed by atoms with Crippen LogP contribution in [0.25, 0.3) is 5.57 Å². The van der Waals surface area contributed by atoms with Gasteiger partial charge in [-0.05, 0) is 35.4 Å². The predicted molar refractivity (Wildman–Crippen MR) is 94.4 cm³/mol. The van der Waals surface area contributed by atoms with Gasteiger partial charge in [0.05, 0.1) is 18.8 Å². The van der Waals surface area contributed by atoms with Gasteiger partial charge in [0.2, 0.25) is 0 Å². The molecule has 3 aromatic rings. The maximum Gasteiger partial charge on any atom is 0.290 e. The molecule has 0 aliphatic carbocycles. The van der Waals surface area contributed by atoms with Crippen molar-refractivity contribution in [2.75, 3.05) is 0 Å². The van der Waals surface area contributed by atoms with Crippen LogP contribution in [0.15, 0.2) is 83.2 Å². The summed E-state index contributed by atoms with van der Waals surface area (Å²) in [4.78, 5) is 14.3. The fourth-order valence-electron chi connectivity index (χ4n) is 3.29. The zero-order chi connectivity index (χ0) is 18.1. The predicted octanol–water partition coefficient (Wildman–Crippen LogP) is 4.47. The summed E-state index contributed by atoms with van der Waals surface area (Å²) in [6.45, 7) is 0.203. The van der Waals surface area contributed by atoms with Crippen LogP contribution >= 0.6 is 0 Å². The molecule has 4 rings (SSSR count). The molecular formula is C21H16FNO3. The van der Waals surface area contributed by atoms with E-state index >= 15 is 0 Å². The van der Waals surface area contributed by atoms with E-state index in [0.717, 1.165) is 5.56 Å². The highest BCUT2D eigenvalue weighted by atomic mass is 19.1. The molecule has 0 fully saturated rings.